The fraction of sp³-hybridized carbons (Fsp3) is 0.444. The second-order valence-electron chi connectivity index (χ2n) is 6.86. The van der Waals surface area contributed by atoms with E-state index >= 15 is 0 Å². The average Bonchev–Trinajstić information content (AvgIpc) is 3.15. The molecule has 1 aliphatic heterocycles. The first-order chi connectivity index (χ1) is 12.5. The lowest BCUT2D eigenvalue weighted by Gasteiger charge is -2.32. The van der Waals surface area contributed by atoms with Gasteiger partial charge in [0.15, 0.2) is 5.82 Å². The second kappa shape index (κ2) is 6.90. The lowest BCUT2D eigenvalue weighted by Crippen LogP contribution is -2.34. The van der Waals surface area contributed by atoms with Crippen LogP contribution in [-0.2, 0) is 0 Å². The zero-order valence-corrected chi connectivity index (χ0v) is 16.2. The topological polar surface area (TPSA) is 67.9 Å². The Balaban J connectivity index is 1.57. The molecule has 0 saturated carbocycles. The molecule has 0 radical (unpaired) electrons. The molecule has 136 valence electrons. The molecule has 2 aromatic heterocycles. The number of halogens is 2. The molecular formula is C18H19BrFN5O. The molecule has 1 fully saturated rings. The van der Waals surface area contributed by atoms with Gasteiger partial charge >= 0.3 is 0 Å². The van der Waals surface area contributed by atoms with Gasteiger partial charge in [-0.25, -0.2) is 14.4 Å². The zero-order valence-electron chi connectivity index (χ0n) is 14.6. The normalized spacial score (nSPS) is 16.0. The molecule has 6 nitrogen and oxygen atoms in total. The summed E-state index contributed by atoms with van der Waals surface area (Å²) in [6, 6.07) is 3.11. The number of piperidine rings is 1. The molecule has 4 rings (SSSR count). The number of rotatable bonds is 3. The summed E-state index contributed by atoms with van der Waals surface area (Å²) in [5.74, 6) is 2.27. The second-order valence-corrected chi connectivity index (χ2v) is 7.71. The molecule has 0 bridgehead atoms. The highest BCUT2D eigenvalue weighted by atomic mass is 79.9. The van der Waals surface area contributed by atoms with Gasteiger partial charge in [-0.15, -0.1) is 0 Å². The number of hydrogen-bond donors (Lipinski definition) is 0. The summed E-state index contributed by atoms with van der Waals surface area (Å²) in [6.45, 7) is 5.59. The fourth-order valence-electron chi connectivity index (χ4n) is 3.32. The maximum absolute atomic E-state index is 14.4. The van der Waals surface area contributed by atoms with Crippen molar-refractivity contribution in [3.8, 4) is 0 Å². The van der Waals surface area contributed by atoms with E-state index in [0.29, 0.717) is 22.6 Å². The molecule has 0 amide bonds. The Morgan fingerprint density at radius 1 is 1.23 bits per heavy atom. The molecule has 0 N–H and O–H groups in total. The first-order valence-electron chi connectivity index (χ1n) is 8.71. The van der Waals surface area contributed by atoms with Crippen LogP contribution in [0.5, 0.6) is 0 Å². The van der Waals surface area contributed by atoms with Crippen molar-refractivity contribution < 1.29 is 8.91 Å². The van der Waals surface area contributed by atoms with Crippen molar-refractivity contribution in [2.24, 2.45) is 0 Å². The highest BCUT2D eigenvalue weighted by Crippen LogP contribution is 2.34. The van der Waals surface area contributed by atoms with Crippen molar-refractivity contribution in [1.82, 2.24) is 20.1 Å². The summed E-state index contributed by atoms with van der Waals surface area (Å²) in [4.78, 5) is 15.2. The molecule has 0 unspecified atom stereocenters. The van der Waals surface area contributed by atoms with E-state index in [2.05, 4.69) is 40.9 Å². The van der Waals surface area contributed by atoms with E-state index < -0.39 is 0 Å². The minimum absolute atomic E-state index is 0.227. The maximum Gasteiger partial charge on any atom is 0.229 e. The Bertz CT molecular complexity index is 936. The molecular weight excluding hydrogens is 401 g/mol. The summed E-state index contributed by atoms with van der Waals surface area (Å²) in [7, 11) is 0. The third-order valence-corrected chi connectivity index (χ3v) is 5.42. The minimum Gasteiger partial charge on any atom is -0.356 e. The first-order valence-corrected chi connectivity index (χ1v) is 9.51. The number of hydrogen-bond acceptors (Lipinski definition) is 6. The van der Waals surface area contributed by atoms with Crippen LogP contribution >= 0.6 is 15.9 Å². The van der Waals surface area contributed by atoms with Crippen molar-refractivity contribution in [3.63, 3.8) is 0 Å². The zero-order chi connectivity index (χ0) is 18.3. The maximum atomic E-state index is 14.4. The summed E-state index contributed by atoms with van der Waals surface area (Å²) >= 11 is 3.44. The van der Waals surface area contributed by atoms with E-state index in [1.54, 1.807) is 6.07 Å². The molecule has 1 aliphatic rings. The number of fused-ring (bicyclic) bond motifs is 1. The molecule has 1 saturated heterocycles. The Morgan fingerprint density at radius 3 is 2.69 bits per heavy atom. The molecule has 3 aromatic rings. The van der Waals surface area contributed by atoms with Crippen LogP contribution < -0.4 is 4.90 Å². The van der Waals surface area contributed by atoms with Gasteiger partial charge in [0.2, 0.25) is 5.89 Å². The predicted octanol–water partition coefficient (Wildman–Crippen LogP) is 4.42. The van der Waals surface area contributed by atoms with Crippen LogP contribution in [0, 0.1) is 5.82 Å². The van der Waals surface area contributed by atoms with Gasteiger partial charge in [0.1, 0.15) is 18.0 Å². The van der Waals surface area contributed by atoms with Crippen LogP contribution in [0.15, 0.2) is 27.5 Å². The van der Waals surface area contributed by atoms with E-state index in [0.717, 1.165) is 36.2 Å². The van der Waals surface area contributed by atoms with Crippen LogP contribution in [0.25, 0.3) is 10.9 Å². The Labute approximate surface area is 159 Å². The van der Waals surface area contributed by atoms with Gasteiger partial charge in [-0.2, -0.15) is 4.98 Å². The van der Waals surface area contributed by atoms with Crippen molar-refractivity contribution in [3.05, 3.63) is 40.5 Å². The average molecular weight is 420 g/mol. The molecule has 3 heterocycles. The smallest absolute Gasteiger partial charge is 0.229 e. The molecule has 0 aliphatic carbocycles. The lowest BCUT2D eigenvalue weighted by molar-refractivity contribution is 0.353. The van der Waals surface area contributed by atoms with Crippen LogP contribution in [0.3, 0.4) is 0 Å². The first kappa shape index (κ1) is 17.3. The van der Waals surface area contributed by atoms with Gasteiger partial charge in [0, 0.05) is 29.4 Å². The summed E-state index contributed by atoms with van der Waals surface area (Å²) < 4.78 is 20.5. The van der Waals surface area contributed by atoms with E-state index in [-0.39, 0.29) is 17.7 Å². The molecule has 26 heavy (non-hydrogen) atoms. The number of benzene rings is 1. The van der Waals surface area contributed by atoms with Gasteiger partial charge in [0.05, 0.1) is 10.9 Å². The number of aromatic nitrogens is 4. The van der Waals surface area contributed by atoms with Gasteiger partial charge in [-0.05, 0) is 40.9 Å². The molecule has 1 aromatic carbocycles. The molecule has 0 atom stereocenters. The van der Waals surface area contributed by atoms with Crippen molar-refractivity contribution in [1.29, 1.82) is 0 Å². The highest BCUT2D eigenvalue weighted by Gasteiger charge is 2.27. The van der Waals surface area contributed by atoms with Gasteiger partial charge in [0.25, 0.3) is 0 Å². The van der Waals surface area contributed by atoms with Gasteiger partial charge < -0.3 is 9.42 Å². The fourth-order valence-corrected chi connectivity index (χ4v) is 3.76. The monoisotopic (exact) mass is 419 g/mol. The van der Waals surface area contributed by atoms with Crippen LogP contribution in [0.1, 0.15) is 50.2 Å². The van der Waals surface area contributed by atoms with Gasteiger partial charge in [-0.1, -0.05) is 19.0 Å². The predicted molar refractivity (Wildman–Crippen MR) is 99.8 cm³/mol. The highest BCUT2D eigenvalue weighted by molar-refractivity contribution is 9.10. The lowest BCUT2D eigenvalue weighted by atomic mass is 9.96. The molecule has 8 heteroatoms. The van der Waals surface area contributed by atoms with E-state index in [1.807, 2.05) is 13.8 Å². The summed E-state index contributed by atoms with van der Waals surface area (Å²) in [6.07, 6.45) is 3.23. The third kappa shape index (κ3) is 3.06. The SMILES string of the molecule is CC(C)c1nc(C2CCN(c3ncnc4c(Br)ccc(F)c34)CC2)no1. The van der Waals surface area contributed by atoms with E-state index in [9.17, 15) is 4.39 Å². The number of nitrogens with zero attached hydrogens (tertiary/aromatic N) is 5. The van der Waals surface area contributed by atoms with Crippen molar-refractivity contribution >= 4 is 32.7 Å². The Kier molecular flexibility index (Phi) is 4.60. The van der Waals surface area contributed by atoms with Crippen LogP contribution in [0.2, 0.25) is 0 Å². The Morgan fingerprint density at radius 2 is 2.00 bits per heavy atom. The largest absolute Gasteiger partial charge is 0.356 e. The van der Waals surface area contributed by atoms with Crippen LogP contribution in [0.4, 0.5) is 10.2 Å². The van der Waals surface area contributed by atoms with E-state index in [4.69, 9.17) is 4.52 Å². The Hall–Kier alpha value is -2.09. The van der Waals surface area contributed by atoms with E-state index in [1.165, 1.54) is 12.4 Å². The third-order valence-electron chi connectivity index (χ3n) is 4.78. The molecule has 0 spiro atoms. The summed E-state index contributed by atoms with van der Waals surface area (Å²) in [5.41, 5.74) is 0.594. The number of anilines is 1. The van der Waals surface area contributed by atoms with Gasteiger partial charge in [-0.3, -0.25) is 0 Å². The van der Waals surface area contributed by atoms with Crippen LogP contribution in [-0.4, -0.2) is 33.2 Å². The van der Waals surface area contributed by atoms with Crippen molar-refractivity contribution in [2.75, 3.05) is 18.0 Å². The minimum atomic E-state index is -0.305. The summed E-state index contributed by atoms with van der Waals surface area (Å²) in [5, 5.41) is 4.60. The quantitative estimate of drug-likeness (QED) is 0.625. The van der Waals surface area contributed by atoms with Crippen molar-refractivity contribution in [2.45, 2.75) is 38.5 Å². The standard InChI is InChI=1S/C18H19BrFN5O/c1-10(2)18-23-16(24-26-18)11-5-7-25(8-6-11)17-14-13(20)4-3-12(19)15(14)21-9-22-17/h3-4,9-11H,5-8H2,1-2H3.